The van der Waals surface area contributed by atoms with Crippen LogP contribution in [0.1, 0.15) is 17.0 Å². The van der Waals surface area contributed by atoms with Gasteiger partial charge < -0.3 is 0 Å². The van der Waals surface area contributed by atoms with Gasteiger partial charge in [-0.25, -0.2) is 0 Å². The largest absolute Gasteiger partial charge is 0.212 e. The second kappa shape index (κ2) is 8.09. The smallest absolute Gasteiger partial charge is 0.192 e. The monoisotopic (exact) mass is 464 g/mol. The van der Waals surface area contributed by atoms with Gasteiger partial charge in [-0.05, 0) is 42.3 Å². The van der Waals surface area contributed by atoms with Crippen LogP contribution < -0.4 is 0 Å². The number of rotatable bonds is 5. The Balaban J connectivity index is 1.74. The Morgan fingerprint density at radius 1 is 1.08 bits per heavy atom. The summed E-state index contributed by atoms with van der Waals surface area (Å²) in [4.78, 5) is 0. The number of hydrogen-bond acceptors (Lipinski definition) is 4. The molecule has 0 bridgehead atoms. The van der Waals surface area contributed by atoms with Crippen LogP contribution in [-0.2, 0) is 5.75 Å². The van der Waals surface area contributed by atoms with Crippen molar-refractivity contribution in [2.75, 3.05) is 0 Å². The summed E-state index contributed by atoms with van der Waals surface area (Å²) >= 11 is 8.53. The maximum absolute atomic E-state index is 4.52. The number of benzene rings is 2. The number of thioether (sulfide) groups is 1. The molecular formula is C17H14Br2N4S. The minimum atomic E-state index is 0.763. The van der Waals surface area contributed by atoms with Crippen molar-refractivity contribution in [1.29, 1.82) is 0 Å². The van der Waals surface area contributed by atoms with Crippen LogP contribution in [0.25, 0.3) is 0 Å². The third kappa shape index (κ3) is 4.55. The van der Waals surface area contributed by atoms with Gasteiger partial charge in [-0.2, -0.15) is 9.78 Å². The molecule has 0 fully saturated rings. The summed E-state index contributed by atoms with van der Waals surface area (Å²) in [5, 5.41) is 13.7. The highest BCUT2D eigenvalue weighted by molar-refractivity contribution is 9.10. The molecule has 0 N–H and O–H groups in total. The molecule has 0 saturated carbocycles. The fraction of sp³-hybridized carbons (Fsp3) is 0.118. The fourth-order valence-corrected chi connectivity index (χ4v) is 3.57. The zero-order chi connectivity index (χ0) is 16.9. The third-order valence-electron chi connectivity index (χ3n) is 3.22. The molecule has 0 aliphatic carbocycles. The molecule has 0 aliphatic heterocycles. The molecule has 0 aliphatic rings. The molecule has 0 radical (unpaired) electrons. The van der Waals surface area contributed by atoms with Gasteiger partial charge in [0.1, 0.15) is 0 Å². The number of aryl methyl sites for hydroxylation is 1. The lowest BCUT2D eigenvalue weighted by Crippen LogP contribution is -1.96. The highest BCUT2D eigenvalue weighted by Gasteiger charge is 2.08. The Hall–Kier alpha value is -1.44. The molecule has 0 saturated heterocycles. The zero-order valence-corrected chi connectivity index (χ0v) is 16.8. The fourth-order valence-electron chi connectivity index (χ4n) is 2.00. The Bertz CT molecular complexity index is 859. The summed E-state index contributed by atoms with van der Waals surface area (Å²) in [7, 11) is 0. The average molecular weight is 466 g/mol. The van der Waals surface area contributed by atoms with Crippen LogP contribution >= 0.6 is 43.6 Å². The number of halogens is 2. The van der Waals surface area contributed by atoms with E-state index in [1.807, 2.05) is 49.5 Å². The summed E-state index contributed by atoms with van der Waals surface area (Å²) in [6, 6.07) is 16.2. The predicted octanol–water partition coefficient (Wildman–Crippen LogP) is 5.29. The normalized spacial score (nSPS) is 11.3. The van der Waals surface area contributed by atoms with E-state index in [1.165, 1.54) is 5.56 Å². The van der Waals surface area contributed by atoms with Crippen molar-refractivity contribution >= 4 is 49.8 Å². The summed E-state index contributed by atoms with van der Waals surface area (Å²) < 4.78 is 3.87. The van der Waals surface area contributed by atoms with Crippen LogP contribution in [0.5, 0.6) is 0 Å². The quantitative estimate of drug-likeness (QED) is 0.380. The summed E-state index contributed by atoms with van der Waals surface area (Å²) in [6.07, 6.45) is 1.81. The van der Waals surface area contributed by atoms with Crippen LogP contribution in [0.2, 0.25) is 0 Å². The van der Waals surface area contributed by atoms with E-state index in [0.717, 1.165) is 31.2 Å². The molecule has 122 valence electrons. The zero-order valence-electron chi connectivity index (χ0n) is 12.9. The van der Waals surface area contributed by atoms with Crippen LogP contribution in [0.15, 0.2) is 67.7 Å². The van der Waals surface area contributed by atoms with E-state index in [0.29, 0.717) is 0 Å². The Kier molecular flexibility index (Phi) is 5.86. The lowest BCUT2D eigenvalue weighted by atomic mass is 10.2. The van der Waals surface area contributed by atoms with Gasteiger partial charge in [0.05, 0.1) is 6.21 Å². The first-order valence-electron chi connectivity index (χ1n) is 7.21. The molecule has 3 aromatic rings. The SMILES string of the molecule is Cc1nnc(SCc2ccc(Br)cc2)n1/N=C/c1cccc(Br)c1. The van der Waals surface area contributed by atoms with Crippen LogP contribution in [-0.4, -0.2) is 21.1 Å². The lowest BCUT2D eigenvalue weighted by molar-refractivity contribution is 0.744. The minimum Gasteiger partial charge on any atom is -0.192 e. The van der Waals surface area contributed by atoms with Crippen molar-refractivity contribution in [2.24, 2.45) is 5.10 Å². The predicted molar refractivity (Wildman–Crippen MR) is 106 cm³/mol. The summed E-state index contributed by atoms with van der Waals surface area (Å²) in [6.45, 7) is 1.90. The van der Waals surface area contributed by atoms with Gasteiger partial charge in [0, 0.05) is 14.7 Å². The van der Waals surface area contributed by atoms with Gasteiger partial charge in [-0.3, -0.25) is 0 Å². The molecule has 2 aromatic carbocycles. The first kappa shape index (κ1) is 17.4. The molecule has 1 heterocycles. The standard InChI is InChI=1S/C17H14Br2N4S/c1-12-21-22-17(24-11-13-5-7-15(18)8-6-13)23(12)20-10-14-3-2-4-16(19)9-14/h2-10H,11H2,1H3/b20-10+. The third-order valence-corrected chi connectivity index (χ3v) is 5.23. The molecule has 7 heteroatoms. The number of hydrogen-bond donors (Lipinski definition) is 0. The van der Waals surface area contributed by atoms with Gasteiger partial charge in [0.2, 0.25) is 5.16 Å². The van der Waals surface area contributed by atoms with Crippen molar-refractivity contribution in [3.05, 3.63) is 74.4 Å². The van der Waals surface area contributed by atoms with Crippen molar-refractivity contribution in [3.8, 4) is 0 Å². The lowest BCUT2D eigenvalue weighted by Gasteiger charge is -2.03. The van der Waals surface area contributed by atoms with Crippen LogP contribution in [0.3, 0.4) is 0 Å². The number of nitrogens with zero attached hydrogens (tertiary/aromatic N) is 4. The van der Waals surface area contributed by atoms with Gasteiger partial charge in [-0.1, -0.05) is 67.9 Å². The Labute approximate surface area is 161 Å². The van der Waals surface area contributed by atoms with E-state index >= 15 is 0 Å². The molecule has 0 amide bonds. The highest BCUT2D eigenvalue weighted by atomic mass is 79.9. The molecule has 24 heavy (non-hydrogen) atoms. The Morgan fingerprint density at radius 3 is 2.62 bits per heavy atom. The molecule has 4 nitrogen and oxygen atoms in total. The highest BCUT2D eigenvalue weighted by Crippen LogP contribution is 2.23. The topological polar surface area (TPSA) is 43.1 Å². The maximum atomic E-state index is 4.52. The molecule has 0 unspecified atom stereocenters. The van der Waals surface area contributed by atoms with Crippen molar-refractivity contribution in [3.63, 3.8) is 0 Å². The number of aromatic nitrogens is 3. The second-order valence-corrected chi connectivity index (χ2v) is 7.83. The molecular weight excluding hydrogens is 452 g/mol. The summed E-state index contributed by atoms with van der Waals surface area (Å²) in [5.41, 5.74) is 2.24. The van der Waals surface area contributed by atoms with E-state index in [1.54, 1.807) is 16.4 Å². The first-order valence-corrected chi connectivity index (χ1v) is 9.78. The second-order valence-electron chi connectivity index (χ2n) is 5.06. The maximum Gasteiger partial charge on any atom is 0.212 e. The van der Waals surface area contributed by atoms with Crippen molar-refractivity contribution in [1.82, 2.24) is 14.9 Å². The van der Waals surface area contributed by atoms with E-state index < -0.39 is 0 Å². The molecule has 1 aromatic heterocycles. The van der Waals surface area contributed by atoms with E-state index in [-0.39, 0.29) is 0 Å². The van der Waals surface area contributed by atoms with Crippen molar-refractivity contribution in [2.45, 2.75) is 17.8 Å². The average Bonchev–Trinajstić information content (AvgIpc) is 2.92. The molecule has 0 spiro atoms. The van der Waals surface area contributed by atoms with Gasteiger partial charge in [0.15, 0.2) is 5.82 Å². The van der Waals surface area contributed by atoms with Gasteiger partial charge in [0.25, 0.3) is 0 Å². The van der Waals surface area contributed by atoms with Gasteiger partial charge >= 0.3 is 0 Å². The minimum absolute atomic E-state index is 0.763. The van der Waals surface area contributed by atoms with E-state index in [4.69, 9.17) is 0 Å². The Morgan fingerprint density at radius 2 is 1.88 bits per heavy atom. The van der Waals surface area contributed by atoms with Crippen LogP contribution in [0.4, 0.5) is 0 Å². The first-order chi connectivity index (χ1) is 11.6. The van der Waals surface area contributed by atoms with Crippen molar-refractivity contribution < 1.29 is 0 Å². The molecule has 0 atom stereocenters. The molecule has 3 rings (SSSR count). The van der Waals surface area contributed by atoms with E-state index in [2.05, 4.69) is 59.3 Å². The van der Waals surface area contributed by atoms with Crippen LogP contribution in [0, 0.1) is 6.92 Å². The van der Waals surface area contributed by atoms with Gasteiger partial charge in [-0.15, -0.1) is 10.2 Å². The van der Waals surface area contributed by atoms with E-state index in [9.17, 15) is 0 Å². The summed E-state index contributed by atoms with van der Waals surface area (Å²) in [5.74, 6) is 1.58.